The highest BCUT2D eigenvalue weighted by Gasteiger charge is 2.16. The molecule has 0 aromatic heterocycles. The average molecular weight is 281 g/mol. The lowest BCUT2D eigenvalue weighted by Gasteiger charge is -2.15. The summed E-state index contributed by atoms with van der Waals surface area (Å²) in [6, 6.07) is 4.70. The molecule has 3 amide bonds. The summed E-state index contributed by atoms with van der Waals surface area (Å²) in [6.45, 7) is 0.933. The number of hydrogen-bond acceptors (Lipinski definition) is 4. The molecule has 108 valence electrons. The molecule has 0 saturated carbocycles. The van der Waals surface area contributed by atoms with Gasteiger partial charge in [-0.3, -0.25) is 4.79 Å². The lowest BCUT2D eigenvalue weighted by atomic mass is 10.2. The number of nitrogens with two attached hydrogens (primary N) is 1. The molecular weight excluding hydrogens is 266 g/mol. The van der Waals surface area contributed by atoms with E-state index in [-0.39, 0.29) is 5.75 Å². The number of carbonyl (C=O) groups excluding carboxylic acids is 2. The van der Waals surface area contributed by atoms with Gasteiger partial charge in [0, 0.05) is 0 Å². The lowest BCUT2D eigenvalue weighted by molar-refractivity contribution is -0.139. The Morgan fingerprint density at radius 3 is 2.60 bits per heavy atom. The number of primary amides is 1. The van der Waals surface area contributed by atoms with Gasteiger partial charge >= 0.3 is 12.0 Å². The molecular formula is C12H15N3O5. The molecule has 1 rings (SSSR count). The monoisotopic (exact) mass is 281 g/mol. The quantitative estimate of drug-likeness (QED) is 0.589. The van der Waals surface area contributed by atoms with Gasteiger partial charge in [0.1, 0.15) is 11.8 Å². The number of amides is 3. The van der Waals surface area contributed by atoms with E-state index in [1.165, 1.54) is 13.0 Å². The molecule has 1 atom stereocenters. The first-order chi connectivity index (χ1) is 9.40. The van der Waals surface area contributed by atoms with Gasteiger partial charge in [0.2, 0.25) is 5.91 Å². The molecule has 0 fully saturated rings. The summed E-state index contributed by atoms with van der Waals surface area (Å²) in [7, 11) is 0. The van der Waals surface area contributed by atoms with Crippen LogP contribution in [0.3, 0.4) is 0 Å². The minimum Gasteiger partial charge on any atom is -0.480 e. The third-order valence-electron chi connectivity index (χ3n) is 2.25. The Morgan fingerprint density at radius 2 is 2.00 bits per heavy atom. The van der Waals surface area contributed by atoms with Crippen molar-refractivity contribution in [2.45, 2.75) is 13.0 Å². The van der Waals surface area contributed by atoms with Crippen LogP contribution in [0.25, 0.3) is 0 Å². The highest BCUT2D eigenvalue weighted by atomic mass is 16.5. The van der Waals surface area contributed by atoms with Crippen LogP contribution in [-0.4, -0.2) is 35.7 Å². The highest BCUT2D eigenvalue weighted by Crippen LogP contribution is 2.23. The molecule has 1 aromatic carbocycles. The van der Waals surface area contributed by atoms with Gasteiger partial charge in [-0.15, -0.1) is 0 Å². The molecule has 8 nitrogen and oxygen atoms in total. The Morgan fingerprint density at radius 1 is 1.35 bits per heavy atom. The van der Waals surface area contributed by atoms with Crippen LogP contribution in [-0.2, 0) is 9.59 Å². The number of ether oxygens (including phenoxy) is 1. The van der Waals surface area contributed by atoms with Gasteiger partial charge in [-0.2, -0.15) is 0 Å². The Balaban J connectivity index is 2.73. The topological polar surface area (TPSA) is 131 Å². The van der Waals surface area contributed by atoms with Crippen molar-refractivity contribution in [2.24, 2.45) is 5.73 Å². The smallest absolute Gasteiger partial charge is 0.341 e. The Kier molecular flexibility index (Phi) is 5.33. The van der Waals surface area contributed by atoms with E-state index in [1.54, 1.807) is 18.2 Å². The summed E-state index contributed by atoms with van der Waals surface area (Å²) in [5, 5.41) is 13.3. The zero-order valence-corrected chi connectivity index (χ0v) is 10.8. The van der Waals surface area contributed by atoms with Crippen molar-refractivity contribution in [3.63, 3.8) is 0 Å². The summed E-state index contributed by atoms with van der Waals surface area (Å²) >= 11 is 0. The molecule has 0 radical (unpaired) electrons. The highest BCUT2D eigenvalue weighted by molar-refractivity contribution is 5.97. The SMILES string of the molecule is CC(NC(N)=O)C(=O)Nc1ccccc1OCC(=O)O. The summed E-state index contributed by atoms with van der Waals surface area (Å²) in [4.78, 5) is 32.9. The maximum atomic E-state index is 11.8. The zero-order chi connectivity index (χ0) is 15.1. The third kappa shape index (κ3) is 4.84. The fourth-order valence-corrected chi connectivity index (χ4v) is 1.36. The van der Waals surface area contributed by atoms with E-state index in [4.69, 9.17) is 15.6 Å². The van der Waals surface area contributed by atoms with Crippen molar-refractivity contribution in [3.8, 4) is 5.75 Å². The zero-order valence-electron chi connectivity index (χ0n) is 10.8. The fraction of sp³-hybridized carbons (Fsp3) is 0.250. The number of benzene rings is 1. The molecule has 5 N–H and O–H groups in total. The van der Waals surface area contributed by atoms with Crippen molar-refractivity contribution in [1.29, 1.82) is 0 Å². The Hall–Kier alpha value is -2.77. The van der Waals surface area contributed by atoms with E-state index in [2.05, 4.69) is 10.6 Å². The normalized spacial score (nSPS) is 11.2. The molecule has 1 unspecified atom stereocenters. The molecule has 0 heterocycles. The number of anilines is 1. The van der Waals surface area contributed by atoms with E-state index in [0.717, 1.165) is 0 Å². The van der Waals surface area contributed by atoms with Crippen LogP contribution in [0.1, 0.15) is 6.92 Å². The van der Waals surface area contributed by atoms with Crippen LogP contribution in [0.4, 0.5) is 10.5 Å². The number of nitrogens with one attached hydrogen (secondary N) is 2. The first-order valence-electron chi connectivity index (χ1n) is 5.70. The van der Waals surface area contributed by atoms with Gasteiger partial charge in [0.15, 0.2) is 6.61 Å². The summed E-state index contributed by atoms with van der Waals surface area (Å²) in [6.07, 6.45) is 0. The van der Waals surface area contributed by atoms with Gasteiger partial charge < -0.3 is 26.2 Å². The van der Waals surface area contributed by atoms with E-state index in [1.807, 2.05) is 0 Å². The van der Waals surface area contributed by atoms with Crippen LogP contribution in [0.15, 0.2) is 24.3 Å². The maximum absolute atomic E-state index is 11.8. The van der Waals surface area contributed by atoms with Gasteiger partial charge in [-0.25, -0.2) is 9.59 Å². The molecule has 20 heavy (non-hydrogen) atoms. The number of carboxylic acids is 1. The minimum absolute atomic E-state index is 0.217. The molecule has 0 aliphatic carbocycles. The van der Waals surface area contributed by atoms with Gasteiger partial charge in [-0.1, -0.05) is 12.1 Å². The van der Waals surface area contributed by atoms with Gasteiger partial charge in [0.05, 0.1) is 5.69 Å². The molecule has 0 saturated heterocycles. The minimum atomic E-state index is -1.13. The van der Waals surface area contributed by atoms with E-state index >= 15 is 0 Å². The van der Waals surface area contributed by atoms with Crippen LogP contribution in [0.2, 0.25) is 0 Å². The molecule has 1 aromatic rings. The molecule has 0 aliphatic heterocycles. The second-order valence-electron chi connectivity index (χ2n) is 3.90. The van der Waals surface area contributed by atoms with Crippen LogP contribution in [0.5, 0.6) is 5.75 Å². The second kappa shape index (κ2) is 6.98. The third-order valence-corrected chi connectivity index (χ3v) is 2.25. The lowest BCUT2D eigenvalue weighted by Crippen LogP contribution is -2.44. The van der Waals surface area contributed by atoms with Gasteiger partial charge in [-0.05, 0) is 19.1 Å². The summed E-state index contributed by atoms with van der Waals surface area (Å²) in [5.41, 5.74) is 5.22. The van der Waals surface area contributed by atoms with Crippen LogP contribution in [0, 0.1) is 0 Å². The number of hydrogen-bond donors (Lipinski definition) is 4. The number of urea groups is 1. The molecule has 0 spiro atoms. The number of carboxylic acid groups (broad SMARTS) is 1. The van der Waals surface area contributed by atoms with Crippen molar-refractivity contribution < 1.29 is 24.2 Å². The van der Waals surface area contributed by atoms with Crippen molar-refractivity contribution in [1.82, 2.24) is 5.32 Å². The number of aliphatic carboxylic acids is 1. The Labute approximate surface area is 114 Å². The van der Waals surface area contributed by atoms with E-state index in [9.17, 15) is 14.4 Å². The number of rotatable bonds is 6. The Bertz CT molecular complexity index is 518. The summed E-state index contributed by atoms with van der Waals surface area (Å²) < 4.78 is 5.03. The fourth-order valence-electron chi connectivity index (χ4n) is 1.36. The average Bonchev–Trinajstić information content (AvgIpc) is 2.36. The largest absolute Gasteiger partial charge is 0.480 e. The summed E-state index contributed by atoms with van der Waals surface area (Å²) in [5.74, 6) is -1.42. The van der Waals surface area contributed by atoms with Crippen molar-refractivity contribution in [2.75, 3.05) is 11.9 Å². The van der Waals surface area contributed by atoms with E-state index < -0.39 is 30.6 Å². The van der Waals surface area contributed by atoms with Crippen LogP contribution < -0.4 is 21.1 Å². The first-order valence-corrected chi connectivity index (χ1v) is 5.70. The van der Waals surface area contributed by atoms with Crippen molar-refractivity contribution >= 4 is 23.6 Å². The molecule has 0 bridgehead atoms. The van der Waals surface area contributed by atoms with Crippen molar-refractivity contribution in [3.05, 3.63) is 24.3 Å². The first kappa shape index (κ1) is 15.3. The maximum Gasteiger partial charge on any atom is 0.341 e. The standard InChI is InChI=1S/C12H15N3O5/c1-7(14-12(13)19)11(18)15-8-4-2-3-5-9(8)20-6-10(16)17/h2-5,7H,6H2,1H3,(H,15,18)(H,16,17)(H3,13,14,19). The van der Waals surface area contributed by atoms with Crippen LogP contribution >= 0.6 is 0 Å². The second-order valence-corrected chi connectivity index (χ2v) is 3.90. The predicted octanol–water partition coefficient (Wildman–Crippen LogP) is 0.145. The number of carbonyl (C=O) groups is 3. The molecule has 0 aliphatic rings. The predicted molar refractivity (Wildman–Crippen MR) is 70.4 cm³/mol. The molecule has 8 heteroatoms. The van der Waals surface area contributed by atoms with Gasteiger partial charge in [0.25, 0.3) is 0 Å². The van der Waals surface area contributed by atoms with E-state index in [0.29, 0.717) is 5.69 Å². The number of para-hydroxylation sites is 2.